The molecule has 25 aromatic rings. The highest BCUT2D eigenvalue weighted by Gasteiger charge is 2.25. The standard InChI is InChI=1S/C39H24N4S.C33H20N4O.C33H20N4S/c1-3-11-25(12-4-1)26-19-21-28(22-20-26)38-40-37(27-13-5-2-6-14-27)41-39(42-38)43-33-17-9-7-15-29(33)31-24-36-32(23-34(31)43)30-16-8-10-18-35(30)44-36;2*1-3-11-21(12-4-1)31-34-32(22-13-5-2-6-14-22)36-33(35-31)37-27-17-9-7-15-23(27)25-20-30-26(19-28(25)37)24-16-8-10-18-29(24)38-30/h1-24H;2*1-20H. The number of thiophene rings is 2. The van der Waals surface area contributed by atoms with Gasteiger partial charge in [0.2, 0.25) is 17.8 Å². The fourth-order valence-electron chi connectivity index (χ4n) is 16.8. The van der Waals surface area contributed by atoms with Crippen molar-refractivity contribution in [3.63, 3.8) is 0 Å². The maximum atomic E-state index is 6.23. The Hall–Kier alpha value is -15.8. The molecule has 0 aliphatic carbocycles. The van der Waals surface area contributed by atoms with Crippen LogP contribution in [-0.4, -0.2) is 58.6 Å². The summed E-state index contributed by atoms with van der Waals surface area (Å²) < 4.78 is 17.9. The minimum absolute atomic E-state index is 0.580. The van der Waals surface area contributed by atoms with Crippen molar-refractivity contribution in [3.05, 3.63) is 388 Å². The molecular formula is C105H64N12OS2. The molecule has 0 N–H and O–H groups in total. The molecule has 0 unspecified atom stereocenters. The predicted octanol–water partition coefficient (Wildman–Crippen LogP) is 27.2. The SMILES string of the molecule is c1ccc(-c2ccc(-c3nc(-c4ccccc4)nc(-n4c5ccccc5c5cc6sc7ccccc7c6cc54)n3)cc2)cc1.c1ccc(-c2nc(-c3ccccc3)nc(-n3c4ccccc4c4cc5oc6ccccc6c5cc43)n2)cc1.c1ccc(-c2nc(-c3ccccc3)nc(-n3c4ccccc4c4cc5sc6ccccc6c5cc43)n2)cc1. The van der Waals surface area contributed by atoms with Crippen LogP contribution < -0.4 is 0 Å². The summed E-state index contributed by atoms with van der Waals surface area (Å²) in [5.41, 5.74) is 16.1. The summed E-state index contributed by atoms with van der Waals surface area (Å²) in [6, 6.07) is 134. The Labute approximate surface area is 694 Å². The third kappa shape index (κ3) is 12.3. The van der Waals surface area contributed by atoms with Crippen LogP contribution in [0.25, 0.3) is 225 Å². The van der Waals surface area contributed by atoms with Crippen LogP contribution in [0.5, 0.6) is 0 Å². The van der Waals surface area contributed by atoms with Gasteiger partial charge in [0.05, 0.1) is 33.1 Å². The van der Waals surface area contributed by atoms with Crippen LogP contribution >= 0.6 is 22.7 Å². The highest BCUT2D eigenvalue weighted by molar-refractivity contribution is 7.26. The Morgan fingerprint density at radius 3 is 0.800 bits per heavy atom. The zero-order chi connectivity index (χ0) is 79.1. The van der Waals surface area contributed by atoms with E-state index in [-0.39, 0.29) is 0 Å². The smallest absolute Gasteiger partial charge is 0.238 e. The van der Waals surface area contributed by atoms with Gasteiger partial charge >= 0.3 is 0 Å². The summed E-state index contributed by atoms with van der Waals surface area (Å²) in [7, 11) is 0. The Morgan fingerprint density at radius 2 is 0.433 bits per heavy atom. The molecular weight excluding hydrogens is 1510 g/mol. The second kappa shape index (κ2) is 29.2. The van der Waals surface area contributed by atoms with Crippen molar-refractivity contribution in [1.29, 1.82) is 0 Å². The van der Waals surface area contributed by atoms with Crippen LogP contribution in [0.3, 0.4) is 0 Å². The van der Waals surface area contributed by atoms with E-state index in [2.05, 4.69) is 226 Å². The van der Waals surface area contributed by atoms with E-state index in [1.807, 2.05) is 199 Å². The lowest BCUT2D eigenvalue weighted by atomic mass is 10.0. The maximum Gasteiger partial charge on any atom is 0.238 e. The molecule has 562 valence electrons. The number of fused-ring (bicyclic) bond motifs is 18. The van der Waals surface area contributed by atoms with Gasteiger partial charge in [0, 0.05) is 117 Å². The molecule has 0 spiro atoms. The number of aromatic nitrogens is 12. The molecule has 9 aromatic heterocycles. The maximum absolute atomic E-state index is 6.23. The molecule has 25 rings (SSSR count). The van der Waals surface area contributed by atoms with Gasteiger partial charge in [0.1, 0.15) is 11.2 Å². The summed E-state index contributed by atoms with van der Waals surface area (Å²) in [6.07, 6.45) is 0. The average molecular weight is 1570 g/mol. The fraction of sp³-hybridized carbons (Fsp3) is 0. The third-order valence-electron chi connectivity index (χ3n) is 22.4. The molecule has 9 heterocycles. The molecule has 0 fully saturated rings. The first-order valence-electron chi connectivity index (χ1n) is 39.7. The van der Waals surface area contributed by atoms with Gasteiger partial charge in [-0.25, -0.2) is 15.0 Å². The number of furan rings is 1. The number of hydrogen-bond acceptors (Lipinski definition) is 12. The summed E-state index contributed by atoms with van der Waals surface area (Å²) in [5, 5.41) is 14.2. The van der Waals surface area contributed by atoms with E-state index in [1.165, 1.54) is 67.5 Å². The highest BCUT2D eigenvalue weighted by atomic mass is 32.1. The molecule has 0 aliphatic heterocycles. The van der Waals surface area contributed by atoms with Gasteiger partial charge in [-0.1, -0.05) is 315 Å². The Morgan fingerprint density at radius 1 is 0.167 bits per heavy atom. The molecule has 0 amide bonds. The van der Waals surface area contributed by atoms with Crippen LogP contribution in [0.1, 0.15) is 0 Å². The highest BCUT2D eigenvalue weighted by Crippen LogP contribution is 2.45. The molecule has 0 saturated heterocycles. The third-order valence-corrected chi connectivity index (χ3v) is 24.7. The minimum Gasteiger partial charge on any atom is -0.456 e. The fourth-order valence-corrected chi connectivity index (χ4v) is 19.0. The van der Waals surface area contributed by atoms with Gasteiger partial charge in [-0.15, -0.1) is 22.7 Å². The Balaban J connectivity index is 0.000000105. The first-order valence-corrected chi connectivity index (χ1v) is 41.4. The lowest BCUT2D eigenvalue weighted by Gasteiger charge is -2.11. The van der Waals surface area contributed by atoms with Gasteiger partial charge in [-0.3, -0.25) is 13.7 Å². The lowest BCUT2D eigenvalue weighted by molar-refractivity contribution is 0.669. The van der Waals surface area contributed by atoms with Gasteiger partial charge < -0.3 is 4.42 Å². The Bertz CT molecular complexity index is 7850. The summed E-state index contributed by atoms with van der Waals surface area (Å²) >= 11 is 3.68. The van der Waals surface area contributed by atoms with Crippen LogP contribution in [-0.2, 0) is 0 Å². The van der Waals surface area contributed by atoms with Crippen molar-refractivity contribution < 1.29 is 4.42 Å². The number of benzene rings is 16. The number of rotatable bonds is 10. The van der Waals surface area contributed by atoms with E-state index in [4.69, 9.17) is 49.3 Å². The van der Waals surface area contributed by atoms with Gasteiger partial charge in [-0.05, 0) is 83.9 Å². The number of para-hydroxylation sites is 4. The van der Waals surface area contributed by atoms with Crippen molar-refractivity contribution in [2.75, 3.05) is 0 Å². The molecule has 0 bridgehead atoms. The molecule has 15 heteroatoms. The summed E-state index contributed by atoms with van der Waals surface area (Å²) in [6.45, 7) is 0. The van der Waals surface area contributed by atoms with Crippen LogP contribution in [0.2, 0.25) is 0 Å². The normalized spacial score (nSPS) is 11.7. The van der Waals surface area contributed by atoms with Crippen molar-refractivity contribution in [2.45, 2.75) is 0 Å². The van der Waals surface area contributed by atoms with Gasteiger partial charge in [-0.2, -0.15) is 29.9 Å². The molecule has 0 aliphatic rings. The first-order chi connectivity index (χ1) is 59.5. The quantitative estimate of drug-likeness (QED) is 0.130. The topological polar surface area (TPSA) is 144 Å². The molecule has 13 nitrogen and oxygen atoms in total. The van der Waals surface area contributed by atoms with E-state index in [0.717, 1.165) is 105 Å². The van der Waals surface area contributed by atoms with E-state index < -0.39 is 0 Å². The van der Waals surface area contributed by atoms with E-state index >= 15 is 0 Å². The molecule has 0 atom stereocenters. The zero-order valence-corrected chi connectivity index (χ0v) is 65.7. The van der Waals surface area contributed by atoms with E-state index in [9.17, 15) is 0 Å². The van der Waals surface area contributed by atoms with Crippen LogP contribution in [0.15, 0.2) is 393 Å². The molecule has 16 aromatic carbocycles. The van der Waals surface area contributed by atoms with Crippen molar-refractivity contribution in [2.24, 2.45) is 0 Å². The second-order valence-corrected chi connectivity index (χ2v) is 31.7. The average Bonchev–Trinajstić information content (AvgIpc) is 1.58. The second-order valence-electron chi connectivity index (χ2n) is 29.6. The molecule has 120 heavy (non-hydrogen) atoms. The van der Waals surface area contributed by atoms with Crippen LogP contribution in [0.4, 0.5) is 0 Å². The molecule has 0 saturated carbocycles. The van der Waals surface area contributed by atoms with E-state index in [0.29, 0.717) is 52.8 Å². The zero-order valence-electron chi connectivity index (χ0n) is 64.0. The van der Waals surface area contributed by atoms with Crippen molar-refractivity contribution >= 4 is 150 Å². The number of nitrogens with zero attached hydrogens (tertiary/aromatic N) is 12. The van der Waals surface area contributed by atoms with Gasteiger partial charge in [0.15, 0.2) is 34.9 Å². The van der Waals surface area contributed by atoms with Crippen LogP contribution in [0, 0.1) is 0 Å². The number of hydrogen-bond donors (Lipinski definition) is 0. The summed E-state index contributed by atoms with van der Waals surface area (Å²) in [4.78, 5) is 45.2. The first kappa shape index (κ1) is 69.7. The Kier molecular flexibility index (Phi) is 16.9. The van der Waals surface area contributed by atoms with Gasteiger partial charge in [0.25, 0.3) is 0 Å². The molecule has 0 radical (unpaired) electrons. The van der Waals surface area contributed by atoms with E-state index in [1.54, 1.807) is 0 Å². The monoisotopic (exact) mass is 1570 g/mol. The summed E-state index contributed by atoms with van der Waals surface area (Å²) in [5.74, 6) is 5.66. The minimum atomic E-state index is 0.580. The lowest BCUT2D eigenvalue weighted by Crippen LogP contribution is -2.06. The largest absolute Gasteiger partial charge is 0.456 e. The van der Waals surface area contributed by atoms with Crippen molar-refractivity contribution in [1.82, 2.24) is 58.6 Å². The predicted molar refractivity (Wildman–Crippen MR) is 494 cm³/mol. The van der Waals surface area contributed by atoms with Crippen molar-refractivity contribution in [3.8, 4) is 97.3 Å².